The average molecular weight is 249 g/mol. The number of hydrogen-bond donors (Lipinski definition) is 1. The molecule has 1 aliphatic heterocycles. The van der Waals surface area contributed by atoms with Gasteiger partial charge in [0.2, 0.25) is 0 Å². The number of carbonyl (C=O) groups excluding carboxylic acids is 1. The zero-order chi connectivity index (χ0) is 12.8. The van der Waals surface area contributed by atoms with Crippen LogP contribution in [0.3, 0.4) is 0 Å². The van der Waals surface area contributed by atoms with Crippen LogP contribution in [0.25, 0.3) is 0 Å². The number of hydrogen-bond acceptors (Lipinski definition) is 4. The first-order valence-electron chi connectivity index (χ1n) is 6.33. The van der Waals surface area contributed by atoms with Crippen molar-refractivity contribution in [1.82, 2.24) is 0 Å². The maximum Gasteiger partial charge on any atom is 0.307 e. The fraction of sp³-hybridized carbons (Fsp3) is 0.500. The van der Waals surface area contributed by atoms with E-state index in [2.05, 4.69) is 0 Å². The van der Waals surface area contributed by atoms with Gasteiger partial charge in [0.15, 0.2) is 0 Å². The normalized spacial score (nSPS) is 18.3. The van der Waals surface area contributed by atoms with Crippen LogP contribution in [0.5, 0.6) is 0 Å². The molecule has 1 unspecified atom stereocenters. The molecule has 2 rings (SSSR count). The molecule has 0 aliphatic carbocycles. The maximum atomic E-state index is 11.8. The molecule has 1 heterocycles. The molecule has 1 fully saturated rings. The lowest BCUT2D eigenvalue weighted by Gasteiger charge is -2.23. The van der Waals surface area contributed by atoms with Crippen molar-refractivity contribution in [3.05, 3.63) is 35.9 Å². The van der Waals surface area contributed by atoms with Crippen LogP contribution in [0, 0.1) is 0 Å². The Labute approximate surface area is 107 Å². The minimum Gasteiger partial charge on any atom is -0.462 e. The highest BCUT2D eigenvalue weighted by atomic mass is 16.6. The third kappa shape index (κ3) is 3.82. The highest BCUT2D eigenvalue weighted by molar-refractivity contribution is 5.70. The SMILES string of the molecule is NC(CC(=O)OC1CCOCC1)c1ccccc1. The van der Waals surface area contributed by atoms with Gasteiger partial charge < -0.3 is 15.2 Å². The van der Waals surface area contributed by atoms with Gasteiger partial charge in [-0.3, -0.25) is 4.79 Å². The van der Waals surface area contributed by atoms with Crippen molar-refractivity contribution in [3.8, 4) is 0 Å². The predicted octanol–water partition coefficient (Wildman–Crippen LogP) is 1.80. The smallest absolute Gasteiger partial charge is 0.307 e. The Morgan fingerprint density at radius 1 is 1.33 bits per heavy atom. The highest BCUT2D eigenvalue weighted by Crippen LogP contribution is 2.16. The highest BCUT2D eigenvalue weighted by Gasteiger charge is 2.20. The topological polar surface area (TPSA) is 61.6 Å². The molecule has 1 atom stereocenters. The van der Waals surface area contributed by atoms with Crippen LogP contribution in [0.1, 0.15) is 30.9 Å². The van der Waals surface area contributed by atoms with E-state index in [1.165, 1.54) is 0 Å². The van der Waals surface area contributed by atoms with E-state index >= 15 is 0 Å². The summed E-state index contributed by atoms with van der Waals surface area (Å²) >= 11 is 0. The van der Waals surface area contributed by atoms with E-state index in [0.717, 1.165) is 18.4 Å². The summed E-state index contributed by atoms with van der Waals surface area (Å²) in [5.74, 6) is -0.224. The standard InChI is InChI=1S/C14H19NO3/c15-13(11-4-2-1-3-5-11)10-14(16)18-12-6-8-17-9-7-12/h1-5,12-13H,6-10,15H2. The molecule has 0 radical (unpaired) electrons. The summed E-state index contributed by atoms with van der Waals surface area (Å²) < 4.78 is 10.6. The minimum atomic E-state index is -0.293. The zero-order valence-electron chi connectivity index (χ0n) is 10.4. The number of carbonyl (C=O) groups is 1. The van der Waals surface area contributed by atoms with Gasteiger partial charge in [-0.15, -0.1) is 0 Å². The van der Waals surface area contributed by atoms with Gasteiger partial charge in [0.05, 0.1) is 19.6 Å². The van der Waals surface area contributed by atoms with Crippen molar-refractivity contribution < 1.29 is 14.3 Å². The molecule has 4 nitrogen and oxygen atoms in total. The second-order valence-electron chi connectivity index (χ2n) is 4.52. The molecule has 1 aromatic carbocycles. The Bertz CT molecular complexity index is 374. The summed E-state index contributed by atoms with van der Waals surface area (Å²) in [6, 6.07) is 9.31. The van der Waals surface area contributed by atoms with Crippen molar-refractivity contribution in [1.29, 1.82) is 0 Å². The molecular formula is C14H19NO3. The molecular weight excluding hydrogens is 230 g/mol. The number of esters is 1. The molecule has 0 amide bonds. The molecule has 4 heteroatoms. The predicted molar refractivity (Wildman–Crippen MR) is 67.9 cm³/mol. The Kier molecular flexibility index (Phi) is 4.73. The van der Waals surface area contributed by atoms with Crippen molar-refractivity contribution >= 4 is 5.97 Å². The first-order valence-corrected chi connectivity index (χ1v) is 6.33. The molecule has 0 saturated carbocycles. The summed E-state index contributed by atoms with van der Waals surface area (Å²) in [6.45, 7) is 1.34. The van der Waals surface area contributed by atoms with Gasteiger partial charge in [0, 0.05) is 18.9 Å². The van der Waals surface area contributed by atoms with Crippen molar-refractivity contribution in [2.45, 2.75) is 31.4 Å². The Morgan fingerprint density at radius 2 is 2.00 bits per heavy atom. The lowest BCUT2D eigenvalue weighted by molar-refractivity contribution is -0.153. The first kappa shape index (κ1) is 13.1. The minimum absolute atomic E-state index is 0.00535. The van der Waals surface area contributed by atoms with Crippen LogP contribution in [0.15, 0.2) is 30.3 Å². The number of rotatable bonds is 4. The maximum absolute atomic E-state index is 11.8. The van der Waals surface area contributed by atoms with E-state index < -0.39 is 0 Å². The molecule has 0 aromatic heterocycles. The van der Waals surface area contributed by atoms with Crippen molar-refractivity contribution in [2.75, 3.05) is 13.2 Å². The molecule has 1 aliphatic rings. The third-order valence-electron chi connectivity index (χ3n) is 3.08. The lowest BCUT2D eigenvalue weighted by Crippen LogP contribution is -2.27. The number of ether oxygens (including phenoxy) is 2. The van der Waals surface area contributed by atoms with Crippen molar-refractivity contribution in [2.24, 2.45) is 5.73 Å². The van der Waals surface area contributed by atoms with Crippen LogP contribution in [-0.2, 0) is 14.3 Å². The van der Waals surface area contributed by atoms with E-state index in [0.29, 0.717) is 13.2 Å². The fourth-order valence-electron chi connectivity index (χ4n) is 2.03. The molecule has 2 N–H and O–H groups in total. The second kappa shape index (κ2) is 6.52. The van der Waals surface area contributed by atoms with E-state index in [1.54, 1.807) is 0 Å². The van der Waals surface area contributed by atoms with E-state index in [9.17, 15) is 4.79 Å². The second-order valence-corrected chi connectivity index (χ2v) is 4.52. The van der Waals surface area contributed by atoms with Gasteiger partial charge in [-0.2, -0.15) is 0 Å². The molecule has 0 bridgehead atoms. The molecule has 98 valence electrons. The zero-order valence-corrected chi connectivity index (χ0v) is 10.4. The largest absolute Gasteiger partial charge is 0.462 e. The third-order valence-corrected chi connectivity index (χ3v) is 3.08. The lowest BCUT2D eigenvalue weighted by atomic mass is 10.1. The average Bonchev–Trinajstić information content (AvgIpc) is 2.40. The summed E-state index contributed by atoms with van der Waals surface area (Å²) in [5.41, 5.74) is 6.94. The fourth-order valence-corrected chi connectivity index (χ4v) is 2.03. The van der Waals surface area contributed by atoms with Gasteiger partial charge in [0.25, 0.3) is 0 Å². The number of benzene rings is 1. The van der Waals surface area contributed by atoms with Crippen LogP contribution in [0.2, 0.25) is 0 Å². The molecule has 1 aromatic rings. The first-order chi connectivity index (χ1) is 8.75. The van der Waals surface area contributed by atoms with Gasteiger partial charge in [-0.05, 0) is 5.56 Å². The molecule has 0 spiro atoms. The summed E-state index contributed by atoms with van der Waals surface area (Å²) in [6.07, 6.45) is 1.79. The summed E-state index contributed by atoms with van der Waals surface area (Å²) in [5, 5.41) is 0. The van der Waals surface area contributed by atoms with Crippen LogP contribution in [0.4, 0.5) is 0 Å². The molecule has 1 saturated heterocycles. The van der Waals surface area contributed by atoms with E-state index in [1.807, 2.05) is 30.3 Å². The van der Waals surface area contributed by atoms with E-state index in [-0.39, 0.29) is 24.5 Å². The Hall–Kier alpha value is -1.39. The van der Waals surface area contributed by atoms with Crippen LogP contribution in [-0.4, -0.2) is 25.3 Å². The Balaban J connectivity index is 1.80. The van der Waals surface area contributed by atoms with Gasteiger partial charge in [-0.25, -0.2) is 0 Å². The van der Waals surface area contributed by atoms with Gasteiger partial charge in [-0.1, -0.05) is 30.3 Å². The summed E-state index contributed by atoms with van der Waals surface area (Å²) in [7, 11) is 0. The summed E-state index contributed by atoms with van der Waals surface area (Å²) in [4.78, 5) is 11.8. The van der Waals surface area contributed by atoms with Gasteiger partial charge >= 0.3 is 5.97 Å². The van der Waals surface area contributed by atoms with Crippen molar-refractivity contribution in [3.63, 3.8) is 0 Å². The number of nitrogens with two attached hydrogens (primary N) is 1. The van der Waals surface area contributed by atoms with E-state index in [4.69, 9.17) is 15.2 Å². The Morgan fingerprint density at radius 3 is 2.67 bits per heavy atom. The van der Waals surface area contributed by atoms with Crippen LogP contribution >= 0.6 is 0 Å². The quantitative estimate of drug-likeness (QED) is 0.826. The monoisotopic (exact) mass is 249 g/mol. The molecule has 18 heavy (non-hydrogen) atoms. The van der Waals surface area contributed by atoms with Gasteiger partial charge in [0.1, 0.15) is 6.10 Å². The van der Waals surface area contributed by atoms with Crippen LogP contribution < -0.4 is 5.73 Å².